The number of amides is 1. The van der Waals surface area contributed by atoms with Crippen LogP contribution in [0.25, 0.3) is 16.2 Å². The standard InChI is InChI=1S/C21H18ClN3OS/c1-13-6-7-14(2)18(8-13)23-20(26)10-17-12-27-21-24-19(11-25(17)21)15-4-3-5-16(22)9-15/h3-9,11-12H,10H2,1-2H3,(H,23,26). The number of carbonyl (C=O) groups excluding carboxylic acids is 1. The van der Waals surface area contributed by atoms with Crippen LogP contribution in [0.3, 0.4) is 0 Å². The van der Waals surface area contributed by atoms with Crippen LogP contribution in [0, 0.1) is 13.8 Å². The maximum Gasteiger partial charge on any atom is 0.230 e. The van der Waals surface area contributed by atoms with Gasteiger partial charge >= 0.3 is 0 Å². The van der Waals surface area contributed by atoms with Gasteiger partial charge < -0.3 is 5.32 Å². The number of thiazole rings is 1. The van der Waals surface area contributed by atoms with Gasteiger partial charge in [-0.25, -0.2) is 4.98 Å². The minimum Gasteiger partial charge on any atom is -0.326 e. The molecule has 4 aromatic rings. The molecule has 27 heavy (non-hydrogen) atoms. The molecule has 0 aliphatic rings. The molecule has 6 heteroatoms. The number of rotatable bonds is 4. The zero-order valence-electron chi connectivity index (χ0n) is 15.0. The van der Waals surface area contributed by atoms with Crippen molar-refractivity contribution in [2.45, 2.75) is 20.3 Å². The van der Waals surface area contributed by atoms with Gasteiger partial charge in [0.25, 0.3) is 0 Å². The second kappa shape index (κ2) is 7.18. The lowest BCUT2D eigenvalue weighted by Gasteiger charge is -2.09. The maximum absolute atomic E-state index is 12.6. The van der Waals surface area contributed by atoms with Crippen LogP contribution < -0.4 is 5.32 Å². The second-order valence-electron chi connectivity index (χ2n) is 6.56. The van der Waals surface area contributed by atoms with Crippen molar-refractivity contribution in [3.63, 3.8) is 0 Å². The summed E-state index contributed by atoms with van der Waals surface area (Å²) in [5.41, 5.74) is 5.75. The Morgan fingerprint density at radius 2 is 2.07 bits per heavy atom. The quantitative estimate of drug-likeness (QED) is 0.495. The van der Waals surface area contributed by atoms with Crippen LogP contribution in [0.15, 0.2) is 54.0 Å². The van der Waals surface area contributed by atoms with Crippen molar-refractivity contribution in [2.75, 3.05) is 5.32 Å². The number of hydrogen-bond acceptors (Lipinski definition) is 3. The van der Waals surface area contributed by atoms with Crippen molar-refractivity contribution in [3.8, 4) is 11.3 Å². The van der Waals surface area contributed by atoms with E-state index in [1.807, 2.05) is 72.3 Å². The Hall–Kier alpha value is -2.63. The van der Waals surface area contributed by atoms with Crippen LogP contribution in [0.4, 0.5) is 5.69 Å². The van der Waals surface area contributed by atoms with Gasteiger partial charge in [-0.1, -0.05) is 35.9 Å². The van der Waals surface area contributed by atoms with E-state index in [-0.39, 0.29) is 5.91 Å². The third kappa shape index (κ3) is 3.75. The normalized spacial score (nSPS) is 11.1. The molecule has 136 valence electrons. The average molecular weight is 396 g/mol. The van der Waals surface area contributed by atoms with Gasteiger partial charge in [-0.15, -0.1) is 11.3 Å². The number of halogens is 1. The van der Waals surface area contributed by atoms with Crippen molar-refractivity contribution >= 4 is 39.5 Å². The molecule has 2 aromatic carbocycles. The molecule has 0 bridgehead atoms. The number of anilines is 1. The summed E-state index contributed by atoms with van der Waals surface area (Å²) in [5.74, 6) is -0.0404. The predicted molar refractivity (Wildman–Crippen MR) is 112 cm³/mol. The summed E-state index contributed by atoms with van der Waals surface area (Å²) in [6, 6.07) is 13.7. The fourth-order valence-electron chi connectivity index (χ4n) is 2.97. The highest BCUT2D eigenvalue weighted by atomic mass is 35.5. The highest BCUT2D eigenvalue weighted by molar-refractivity contribution is 7.15. The summed E-state index contributed by atoms with van der Waals surface area (Å²) in [6.45, 7) is 4.01. The first-order chi connectivity index (χ1) is 13.0. The van der Waals surface area contributed by atoms with Gasteiger partial charge in [0.05, 0.1) is 12.1 Å². The summed E-state index contributed by atoms with van der Waals surface area (Å²) < 4.78 is 1.98. The van der Waals surface area contributed by atoms with Gasteiger partial charge in [-0.3, -0.25) is 9.20 Å². The Morgan fingerprint density at radius 3 is 2.89 bits per heavy atom. The minimum atomic E-state index is -0.0404. The smallest absolute Gasteiger partial charge is 0.230 e. The van der Waals surface area contributed by atoms with Crippen molar-refractivity contribution in [1.29, 1.82) is 0 Å². The third-order valence-corrected chi connectivity index (χ3v) is 5.54. The molecule has 2 heterocycles. The molecule has 4 nitrogen and oxygen atoms in total. The number of fused-ring (bicyclic) bond motifs is 1. The molecule has 0 saturated heterocycles. The number of benzene rings is 2. The van der Waals surface area contributed by atoms with Gasteiger partial charge in [0.1, 0.15) is 0 Å². The zero-order valence-corrected chi connectivity index (χ0v) is 16.6. The van der Waals surface area contributed by atoms with E-state index < -0.39 is 0 Å². The maximum atomic E-state index is 12.6. The van der Waals surface area contributed by atoms with Gasteiger partial charge in [0.2, 0.25) is 5.91 Å². The molecule has 1 N–H and O–H groups in total. The summed E-state index contributed by atoms with van der Waals surface area (Å²) in [5, 5.41) is 5.67. The molecule has 1 amide bonds. The topological polar surface area (TPSA) is 46.4 Å². The Morgan fingerprint density at radius 1 is 1.22 bits per heavy atom. The van der Waals surface area contributed by atoms with E-state index in [0.29, 0.717) is 11.4 Å². The lowest BCUT2D eigenvalue weighted by Crippen LogP contribution is -2.16. The van der Waals surface area contributed by atoms with Crippen molar-refractivity contribution in [2.24, 2.45) is 0 Å². The number of aryl methyl sites for hydroxylation is 2. The number of aromatic nitrogens is 2. The highest BCUT2D eigenvalue weighted by Crippen LogP contribution is 2.26. The first-order valence-electron chi connectivity index (χ1n) is 8.58. The van der Waals surface area contributed by atoms with Crippen LogP contribution in [0.2, 0.25) is 5.02 Å². The predicted octanol–water partition coefficient (Wildman–Crippen LogP) is 5.51. The van der Waals surface area contributed by atoms with E-state index in [0.717, 1.165) is 38.7 Å². The molecule has 0 aliphatic heterocycles. The second-order valence-corrected chi connectivity index (χ2v) is 7.83. The number of imidazole rings is 1. The van der Waals surface area contributed by atoms with E-state index in [1.165, 1.54) is 11.3 Å². The molecule has 0 aliphatic carbocycles. The van der Waals surface area contributed by atoms with E-state index >= 15 is 0 Å². The van der Waals surface area contributed by atoms with Gasteiger partial charge in [-0.05, 0) is 43.2 Å². The Labute approximate surface area is 166 Å². The third-order valence-electron chi connectivity index (χ3n) is 4.41. The zero-order chi connectivity index (χ0) is 19.0. The Kier molecular flexibility index (Phi) is 4.72. The van der Waals surface area contributed by atoms with E-state index in [9.17, 15) is 4.79 Å². The molecule has 0 radical (unpaired) electrons. The van der Waals surface area contributed by atoms with Gasteiger partial charge in [-0.2, -0.15) is 0 Å². The lowest BCUT2D eigenvalue weighted by molar-refractivity contribution is -0.115. The van der Waals surface area contributed by atoms with Crippen LogP contribution in [-0.4, -0.2) is 15.3 Å². The summed E-state index contributed by atoms with van der Waals surface area (Å²) in [6.07, 6.45) is 2.25. The fraction of sp³-hybridized carbons (Fsp3) is 0.143. The number of nitrogens with zero attached hydrogens (tertiary/aromatic N) is 2. The molecule has 0 unspecified atom stereocenters. The largest absolute Gasteiger partial charge is 0.326 e. The summed E-state index contributed by atoms with van der Waals surface area (Å²) in [4.78, 5) is 18.1. The van der Waals surface area contributed by atoms with Crippen molar-refractivity contribution < 1.29 is 4.79 Å². The SMILES string of the molecule is Cc1ccc(C)c(NC(=O)Cc2csc3nc(-c4cccc(Cl)c4)cn23)c1. The van der Waals surface area contributed by atoms with E-state index in [2.05, 4.69) is 10.3 Å². The average Bonchev–Trinajstić information content (AvgIpc) is 3.20. The molecule has 0 saturated carbocycles. The molecular weight excluding hydrogens is 378 g/mol. The molecule has 4 rings (SSSR count). The van der Waals surface area contributed by atoms with Crippen LogP contribution in [-0.2, 0) is 11.2 Å². The number of hydrogen-bond donors (Lipinski definition) is 1. The fourth-order valence-corrected chi connectivity index (χ4v) is 4.04. The van der Waals surface area contributed by atoms with Crippen molar-refractivity contribution in [1.82, 2.24) is 9.38 Å². The Bertz CT molecular complexity index is 1150. The van der Waals surface area contributed by atoms with E-state index in [4.69, 9.17) is 11.6 Å². The Balaban J connectivity index is 1.57. The van der Waals surface area contributed by atoms with Crippen molar-refractivity contribution in [3.05, 3.63) is 75.9 Å². The molecule has 2 aromatic heterocycles. The first kappa shape index (κ1) is 17.8. The summed E-state index contributed by atoms with van der Waals surface area (Å²) in [7, 11) is 0. The molecule has 0 spiro atoms. The van der Waals surface area contributed by atoms with Crippen LogP contribution >= 0.6 is 22.9 Å². The molecule has 0 fully saturated rings. The monoisotopic (exact) mass is 395 g/mol. The number of carbonyl (C=O) groups is 1. The lowest BCUT2D eigenvalue weighted by atomic mass is 10.1. The molecular formula is C21H18ClN3OS. The van der Waals surface area contributed by atoms with Crippen LogP contribution in [0.5, 0.6) is 0 Å². The van der Waals surface area contributed by atoms with Crippen LogP contribution in [0.1, 0.15) is 16.8 Å². The minimum absolute atomic E-state index is 0.0404. The number of nitrogens with one attached hydrogen (secondary N) is 1. The molecule has 0 atom stereocenters. The van der Waals surface area contributed by atoms with Gasteiger partial charge in [0, 0.05) is 33.5 Å². The van der Waals surface area contributed by atoms with Gasteiger partial charge in [0.15, 0.2) is 4.96 Å². The first-order valence-corrected chi connectivity index (χ1v) is 9.84. The summed E-state index contributed by atoms with van der Waals surface area (Å²) >= 11 is 7.61. The van der Waals surface area contributed by atoms with E-state index in [1.54, 1.807) is 0 Å². The highest BCUT2D eigenvalue weighted by Gasteiger charge is 2.13.